The smallest absolute Gasteiger partial charge is 0.351 e. The monoisotopic (exact) mass is 438 g/mol. The van der Waals surface area contributed by atoms with Crippen LogP contribution in [0.25, 0.3) is 11.3 Å². The van der Waals surface area contributed by atoms with Gasteiger partial charge in [-0.15, -0.1) is 0 Å². The highest BCUT2D eigenvalue weighted by Crippen LogP contribution is 2.36. The standard InChI is InChI=1S/C18H21F3N8S/c1-27-10-12(7-23-27)16-15(18(19,20)21)9-22-17(26-16)25-13-3-5-29(6-4-13)30-14-8-24-28(2)11-14/h7-11,13H,3-6H2,1-2H3,(H,22,25,26). The summed E-state index contributed by atoms with van der Waals surface area (Å²) in [7, 11) is 3.53. The van der Waals surface area contributed by atoms with Gasteiger partial charge in [-0.2, -0.15) is 23.4 Å². The third-order valence-electron chi connectivity index (χ3n) is 4.78. The second-order valence-electron chi connectivity index (χ2n) is 7.14. The first-order valence-electron chi connectivity index (χ1n) is 9.39. The summed E-state index contributed by atoms with van der Waals surface area (Å²) < 4.78 is 45.7. The van der Waals surface area contributed by atoms with Gasteiger partial charge in [0.15, 0.2) is 0 Å². The Hall–Kier alpha value is -2.60. The third kappa shape index (κ3) is 4.75. The van der Waals surface area contributed by atoms with Gasteiger partial charge in [0.2, 0.25) is 5.95 Å². The number of hydrogen-bond donors (Lipinski definition) is 1. The van der Waals surface area contributed by atoms with Crippen LogP contribution in [-0.4, -0.2) is 53.0 Å². The van der Waals surface area contributed by atoms with Gasteiger partial charge in [0.1, 0.15) is 5.56 Å². The number of aryl methyl sites for hydroxylation is 2. The molecular weight excluding hydrogens is 417 g/mol. The Morgan fingerprint density at radius 2 is 1.73 bits per heavy atom. The van der Waals surface area contributed by atoms with Gasteiger partial charge < -0.3 is 5.32 Å². The second-order valence-corrected chi connectivity index (χ2v) is 8.32. The number of anilines is 1. The molecule has 1 aliphatic heterocycles. The van der Waals surface area contributed by atoms with Crippen LogP contribution in [0.4, 0.5) is 19.1 Å². The van der Waals surface area contributed by atoms with E-state index in [0.29, 0.717) is 5.56 Å². The van der Waals surface area contributed by atoms with Crippen molar-refractivity contribution >= 4 is 17.9 Å². The van der Waals surface area contributed by atoms with Crippen LogP contribution in [0.15, 0.2) is 35.9 Å². The number of nitrogens with one attached hydrogen (secondary N) is 1. The van der Waals surface area contributed by atoms with Crippen LogP contribution in [0.1, 0.15) is 18.4 Å². The van der Waals surface area contributed by atoms with Crippen LogP contribution in [0, 0.1) is 0 Å². The van der Waals surface area contributed by atoms with Gasteiger partial charge in [-0.3, -0.25) is 9.36 Å². The van der Waals surface area contributed by atoms with Crippen LogP contribution in [0.3, 0.4) is 0 Å². The van der Waals surface area contributed by atoms with E-state index in [4.69, 9.17) is 0 Å². The summed E-state index contributed by atoms with van der Waals surface area (Å²) in [4.78, 5) is 9.18. The molecule has 0 unspecified atom stereocenters. The van der Waals surface area contributed by atoms with Crippen molar-refractivity contribution in [1.29, 1.82) is 0 Å². The van der Waals surface area contributed by atoms with Crippen molar-refractivity contribution in [3.05, 3.63) is 36.5 Å². The Kier molecular flexibility index (Phi) is 5.69. The molecule has 4 rings (SSSR count). The molecule has 3 aromatic heterocycles. The zero-order chi connectivity index (χ0) is 21.3. The van der Waals surface area contributed by atoms with Crippen LogP contribution in [-0.2, 0) is 20.3 Å². The summed E-state index contributed by atoms with van der Waals surface area (Å²) in [6.45, 7) is 1.68. The fourth-order valence-electron chi connectivity index (χ4n) is 3.29. The van der Waals surface area contributed by atoms with Gasteiger partial charge in [-0.25, -0.2) is 14.3 Å². The van der Waals surface area contributed by atoms with E-state index >= 15 is 0 Å². The number of hydrogen-bond acceptors (Lipinski definition) is 7. The van der Waals surface area contributed by atoms with Crippen LogP contribution >= 0.6 is 11.9 Å². The first kappa shape index (κ1) is 20.7. The summed E-state index contributed by atoms with van der Waals surface area (Å²) >= 11 is 1.66. The lowest BCUT2D eigenvalue weighted by Crippen LogP contribution is -2.36. The maximum Gasteiger partial charge on any atom is 0.419 e. The normalized spacial score (nSPS) is 16.2. The quantitative estimate of drug-likeness (QED) is 0.613. The largest absolute Gasteiger partial charge is 0.419 e. The summed E-state index contributed by atoms with van der Waals surface area (Å²) in [6.07, 6.45) is 4.63. The van der Waals surface area contributed by atoms with Crippen molar-refractivity contribution in [1.82, 2.24) is 33.8 Å². The van der Waals surface area contributed by atoms with Gasteiger partial charge in [0.05, 0.1) is 23.0 Å². The Bertz CT molecular complexity index is 1010. The van der Waals surface area contributed by atoms with Gasteiger partial charge in [0, 0.05) is 57.4 Å². The molecule has 0 aliphatic carbocycles. The van der Waals surface area contributed by atoms with Crippen LogP contribution in [0.2, 0.25) is 0 Å². The van der Waals surface area contributed by atoms with Crippen LogP contribution in [0.5, 0.6) is 0 Å². The van der Waals surface area contributed by atoms with E-state index in [9.17, 15) is 13.2 Å². The second kappa shape index (κ2) is 8.26. The van der Waals surface area contributed by atoms with Crippen molar-refractivity contribution in [3.63, 3.8) is 0 Å². The molecule has 1 saturated heterocycles. The van der Waals surface area contributed by atoms with Crippen molar-refractivity contribution in [2.45, 2.75) is 30.0 Å². The molecule has 0 bridgehead atoms. The van der Waals surface area contributed by atoms with E-state index in [2.05, 4.69) is 29.8 Å². The molecule has 12 heteroatoms. The summed E-state index contributed by atoms with van der Waals surface area (Å²) in [5.41, 5.74) is -0.737. The summed E-state index contributed by atoms with van der Waals surface area (Å²) in [5.74, 6) is 0.195. The average Bonchev–Trinajstić information content (AvgIpc) is 3.30. The van der Waals surface area contributed by atoms with Crippen molar-refractivity contribution in [3.8, 4) is 11.3 Å². The topological polar surface area (TPSA) is 76.7 Å². The first-order chi connectivity index (χ1) is 14.3. The van der Waals surface area contributed by atoms with Crippen molar-refractivity contribution in [2.24, 2.45) is 14.1 Å². The number of halogens is 3. The predicted molar refractivity (Wildman–Crippen MR) is 107 cm³/mol. The molecule has 1 aliphatic rings. The lowest BCUT2D eigenvalue weighted by molar-refractivity contribution is -0.137. The van der Waals surface area contributed by atoms with Crippen molar-refractivity contribution < 1.29 is 13.2 Å². The lowest BCUT2D eigenvalue weighted by Gasteiger charge is -2.31. The van der Waals surface area contributed by atoms with Crippen molar-refractivity contribution in [2.75, 3.05) is 18.4 Å². The van der Waals surface area contributed by atoms with E-state index < -0.39 is 11.7 Å². The lowest BCUT2D eigenvalue weighted by atomic mass is 10.1. The van der Waals surface area contributed by atoms with E-state index in [1.807, 2.05) is 19.4 Å². The van der Waals surface area contributed by atoms with E-state index in [1.54, 1.807) is 23.7 Å². The van der Waals surface area contributed by atoms with Crippen LogP contribution < -0.4 is 5.32 Å². The fourth-order valence-corrected chi connectivity index (χ4v) is 4.28. The molecule has 0 atom stereocenters. The zero-order valence-corrected chi connectivity index (χ0v) is 17.3. The maximum atomic E-state index is 13.4. The van der Waals surface area contributed by atoms with Gasteiger partial charge in [-0.05, 0) is 24.8 Å². The SMILES string of the molecule is Cn1cc(SN2CCC(Nc3ncc(C(F)(F)F)c(-c4cnn(C)c4)n3)CC2)cn1. The molecule has 1 fully saturated rings. The van der Waals surface area contributed by atoms with E-state index in [-0.39, 0.29) is 17.7 Å². The van der Waals surface area contributed by atoms with Gasteiger partial charge in [0.25, 0.3) is 0 Å². The molecule has 30 heavy (non-hydrogen) atoms. The van der Waals surface area contributed by atoms with E-state index in [0.717, 1.165) is 37.0 Å². The molecule has 0 saturated carbocycles. The Morgan fingerprint density at radius 3 is 2.33 bits per heavy atom. The fraction of sp³-hybridized carbons (Fsp3) is 0.444. The molecule has 1 N–H and O–H groups in total. The molecular formula is C18H21F3N8S. The molecule has 4 heterocycles. The predicted octanol–water partition coefficient (Wildman–Crippen LogP) is 3.21. The maximum absolute atomic E-state index is 13.4. The summed E-state index contributed by atoms with van der Waals surface area (Å²) in [5, 5.41) is 11.3. The Morgan fingerprint density at radius 1 is 1.03 bits per heavy atom. The summed E-state index contributed by atoms with van der Waals surface area (Å²) in [6, 6.07) is 0.0919. The van der Waals surface area contributed by atoms with Gasteiger partial charge in [-0.1, -0.05) is 0 Å². The first-order valence-corrected chi connectivity index (χ1v) is 10.2. The molecule has 3 aromatic rings. The molecule has 0 amide bonds. The molecule has 0 aromatic carbocycles. The zero-order valence-electron chi connectivity index (χ0n) is 16.5. The minimum Gasteiger partial charge on any atom is -0.351 e. The number of aromatic nitrogens is 6. The van der Waals surface area contributed by atoms with E-state index in [1.165, 1.54) is 17.1 Å². The highest BCUT2D eigenvalue weighted by Gasteiger charge is 2.36. The number of alkyl halides is 3. The number of rotatable bonds is 5. The number of nitrogens with zero attached hydrogens (tertiary/aromatic N) is 7. The Balaban J connectivity index is 1.44. The molecule has 8 nitrogen and oxygen atoms in total. The highest BCUT2D eigenvalue weighted by molar-refractivity contribution is 7.97. The molecule has 0 spiro atoms. The highest BCUT2D eigenvalue weighted by atomic mass is 32.2. The molecule has 0 radical (unpaired) electrons. The van der Waals surface area contributed by atoms with Gasteiger partial charge >= 0.3 is 6.18 Å². The number of piperidine rings is 1. The minimum atomic E-state index is -4.54. The average molecular weight is 438 g/mol. The minimum absolute atomic E-state index is 0.0919. The Labute approximate surface area is 175 Å². The third-order valence-corrected chi connectivity index (χ3v) is 5.82. The molecule has 160 valence electrons.